The van der Waals surface area contributed by atoms with Crippen molar-refractivity contribution in [1.29, 1.82) is 0 Å². The summed E-state index contributed by atoms with van der Waals surface area (Å²) < 4.78 is 4.72. The summed E-state index contributed by atoms with van der Waals surface area (Å²) in [6.07, 6.45) is 2.08. The first-order valence-corrected chi connectivity index (χ1v) is 6.03. The van der Waals surface area contributed by atoms with Crippen molar-refractivity contribution in [3.05, 3.63) is 35.9 Å². The molecule has 0 aliphatic heterocycles. The van der Waals surface area contributed by atoms with Crippen molar-refractivity contribution < 1.29 is 9.53 Å². The Morgan fingerprint density at radius 3 is 2.53 bits per heavy atom. The summed E-state index contributed by atoms with van der Waals surface area (Å²) in [5, 5.41) is 0. The molecule has 0 aromatic heterocycles. The topological polar surface area (TPSA) is 52.3 Å². The minimum atomic E-state index is -0.185. The zero-order valence-corrected chi connectivity index (χ0v) is 10.6. The van der Waals surface area contributed by atoms with Gasteiger partial charge in [-0.1, -0.05) is 37.3 Å². The molecule has 0 fully saturated rings. The molecule has 94 valence electrons. The van der Waals surface area contributed by atoms with Gasteiger partial charge in [-0.15, -0.1) is 0 Å². The third-order valence-corrected chi connectivity index (χ3v) is 3.07. The van der Waals surface area contributed by atoms with Gasteiger partial charge in [-0.05, 0) is 24.3 Å². The normalized spacial score (nSPS) is 14.1. The number of hydrogen-bond donors (Lipinski definition) is 1. The van der Waals surface area contributed by atoms with Crippen LogP contribution in [0.1, 0.15) is 25.3 Å². The standard InChI is InChI=1S/C14H21NO2/c1-3-13(15)12(10-14(16)17-2)9-11-7-5-4-6-8-11/h4-8,12-13H,3,9-10,15H2,1-2H3. The fourth-order valence-corrected chi connectivity index (χ4v) is 1.92. The first-order valence-electron chi connectivity index (χ1n) is 6.03. The predicted molar refractivity (Wildman–Crippen MR) is 68.5 cm³/mol. The molecular formula is C14H21NO2. The van der Waals surface area contributed by atoms with Crippen molar-refractivity contribution in [3.8, 4) is 0 Å². The number of benzene rings is 1. The Hall–Kier alpha value is -1.35. The maximum absolute atomic E-state index is 11.4. The van der Waals surface area contributed by atoms with Gasteiger partial charge >= 0.3 is 5.97 Å². The van der Waals surface area contributed by atoms with Crippen molar-refractivity contribution in [1.82, 2.24) is 0 Å². The molecule has 1 aromatic carbocycles. The lowest BCUT2D eigenvalue weighted by Crippen LogP contribution is -2.32. The molecule has 2 unspecified atom stereocenters. The van der Waals surface area contributed by atoms with Crippen LogP contribution in [0.3, 0.4) is 0 Å². The molecule has 0 bridgehead atoms. The van der Waals surface area contributed by atoms with Crippen LogP contribution >= 0.6 is 0 Å². The molecule has 1 rings (SSSR count). The highest BCUT2D eigenvalue weighted by atomic mass is 16.5. The van der Waals surface area contributed by atoms with Crippen LogP contribution in [-0.4, -0.2) is 19.1 Å². The Morgan fingerprint density at radius 2 is 2.00 bits per heavy atom. The molecule has 0 spiro atoms. The van der Waals surface area contributed by atoms with Crippen molar-refractivity contribution in [2.75, 3.05) is 7.11 Å². The van der Waals surface area contributed by atoms with E-state index in [-0.39, 0.29) is 17.9 Å². The van der Waals surface area contributed by atoms with Crippen LogP contribution in [-0.2, 0) is 16.0 Å². The molecule has 3 nitrogen and oxygen atoms in total. The van der Waals surface area contributed by atoms with Crippen LogP contribution in [0.15, 0.2) is 30.3 Å². The van der Waals surface area contributed by atoms with E-state index in [2.05, 4.69) is 12.1 Å². The van der Waals surface area contributed by atoms with Crippen LogP contribution in [0, 0.1) is 5.92 Å². The monoisotopic (exact) mass is 235 g/mol. The Labute approximate surface area is 103 Å². The summed E-state index contributed by atoms with van der Waals surface area (Å²) in [6.45, 7) is 2.04. The largest absolute Gasteiger partial charge is 0.469 e. The number of ether oxygens (including phenoxy) is 1. The number of methoxy groups -OCH3 is 1. The number of rotatable bonds is 6. The average molecular weight is 235 g/mol. The first kappa shape index (κ1) is 13.7. The Kier molecular flexibility index (Phi) is 5.70. The zero-order chi connectivity index (χ0) is 12.7. The van der Waals surface area contributed by atoms with Crippen LogP contribution in [0.5, 0.6) is 0 Å². The van der Waals surface area contributed by atoms with Gasteiger partial charge in [0.25, 0.3) is 0 Å². The fraction of sp³-hybridized carbons (Fsp3) is 0.500. The second-order valence-electron chi connectivity index (χ2n) is 4.30. The van der Waals surface area contributed by atoms with E-state index in [1.807, 2.05) is 25.1 Å². The Balaban J connectivity index is 2.67. The van der Waals surface area contributed by atoms with E-state index >= 15 is 0 Å². The summed E-state index contributed by atoms with van der Waals surface area (Å²) in [5.41, 5.74) is 7.27. The lowest BCUT2D eigenvalue weighted by molar-refractivity contribution is -0.141. The molecule has 0 amide bonds. The van der Waals surface area contributed by atoms with Crippen molar-refractivity contribution >= 4 is 5.97 Å². The smallest absolute Gasteiger partial charge is 0.305 e. The maximum Gasteiger partial charge on any atom is 0.305 e. The van der Waals surface area contributed by atoms with Gasteiger partial charge in [0.2, 0.25) is 0 Å². The summed E-state index contributed by atoms with van der Waals surface area (Å²) in [6, 6.07) is 10.1. The van der Waals surface area contributed by atoms with Crippen LogP contribution in [0.25, 0.3) is 0 Å². The molecule has 2 N–H and O–H groups in total. The van der Waals surface area contributed by atoms with Gasteiger partial charge in [-0.3, -0.25) is 4.79 Å². The lowest BCUT2D eigenvalue weighted by atomic mass is 9.88. The Bertz CT molecular complexity index is 337. The third kappa shape index (κ3) is 4.57. The van der Waals surface area contributed by atoms with Crippen LogP contribution in [0.4, 0.5) is 0 Å². The van der Waals surface area contributed by atoms with Crippen molar-refractivity contribution in [2.45, 2.75) is 32.2 Å². The molecule has 3 heteroatoms. The van der Waals surface area contributed by atoms with Gasteiger partial charge in [0.15, 0.2) is 0 Å². The van der Waals surface area contributed by atoms with E-state index in [1.165, 1.54) is 12.7 Å². The summed E-state index contributed by atoms with van der Waals surface area (Å²) in [5.74, 6) is -0.0373. The lowest BCUT2D eigenvalue weighted by Gasteiger charge is -2.21. The highest BCUT2D eigenvalue weighted by Crippen LogP contribution is 2.17. The minimum Gasteiger partial charge on any atom is -0.469 e. The van der Waals surface area contributed by atoms with Gasteiger partial charge < -0.3 is 10.5 Å². The quantitative estimate of drug-likeness (QED) is 0.769. The molecule has 0 aliphatic carbocycles. The van der Waals surface area contributed by atoms with E-state index in [9.17, 15) is 4.79 Å². The number of esters is 1. The molecule has 0 radical (unpaired) electrons. The van der Waals surface area contributed by atoms with E-state index in [0.29, 0.717) is 6.42 Å². The van der Waals surface area contributed by atoms with Crippen molar-refractivity contribution in [3.63, 3.8) is 0 Å². The Morgan fingerprint density at radius 1 is 1.35 bits per heavy atom. The van der Waals surface area contributed by atoms with Gasteiger partial charge in [-0.25, -0.2) is 0 Å². The molecule has 17 heavy (non-hydrogen) atoms. The predicted octanol–water partition coefficient (Wildman–Crippen LogP) is 2.15. The molecule has 2 atom stereocenters. The second kappa shape index (κ2) is 7.07. The third-order valence-electron chi connectivity index (χ3n) is 3.07. The van der Waals surface area contributed by atoms with E-state index < -0.39 is 0 Å². The molecule has 0 saturated carbocycles. The van der Waals surface area contributed by atoms with Gasteiger partial charge in [0.05, 0.1) is 13.5 Å². The SMILES string of the molecule is CCC(N)C(CC(=O)OC)Cc1ccccc1. The molecular weight excluding hydrogens is 214 g/mol. The van der Waals surface area contributed by atoms with Crippen molar-refractivity contribution in [2.24, 2.45) is 11.7 Å². The summed E-state index contributed by atoms with van der Waals surface area (Å²) >= 11 is 0. The number of nitrogens with two attached hydrogens (primary N) is 1. The number of carbonyl (C=O) groups is 1. The number of hydrogen-bond acceptors (Lipinski definition) is 3. The second-order valence-corrected chi connectivity index (χ2v) is 4.30. The fourth-order valence-electron chi connectivity index (χ4n) is 1.92. The number of carbonyl (C=O) groups excluding carboxylic acids is 1. The average Bonchev–Trinajstić information content (AvgIpc) is 2.38. The first-order chi connectivity index (χ1) is 8.17. The maximum atomic E-state index is 11.4. The molecule has 0 aliphatic rings. The summed E-state index contributed by atoms with van der Waals surface area (Å²) in [7, 11) is 1.42. The zero-order valence-electron chi connectivity index (χ0n) is 10.6. The molecule has 0 heterocycles. The van der Waals surface area contributed by atoms with Gasteiger partial charge in [0.1, 0.15) is 0 Å². The van der Waals surface area contributed by atoms with E-state index in [0.717, 1.165) is 12.8 Å². The van der Waals surface area contributed by atoms with E-state index in [1.54, 1.807) is 0 Å². The van der Waals surface area contributed by atoms with E-state index in [4.69, 9.17) is 10.5 Å². The van der Waals surface area contributed by atoms with Gasteiger partial charge in [-0.2, -0.15) is 0 Å². The van der Waals surface area contributed by atoms with Gasteiger partial charge in [0, 0.05) is 6.04 Å². The summed E-state index contributed by atoms with van der Waals surface area (Å²) in [4.78, 5) is 11.4. The minimum absolute atomic E-state index is 0.0364. The molecule has 1 aromatic rings. The molecule has 0 saturated heterocycles. The highest BCUT2D eigenvalue weighted by Gasteiger charge is 2.20. The van der Waals surface area contributed by atoms with Crippen LogP contribution in [0.2, 0.25) is 0 Å². The highest BCUT2D eigenvalue weighted by molar-refractivity contribution is 5.69. The van der Waals surface area contributed by atoms with Crippen LogP contribution < -0.4 is 5.73 Å².